The molecule has 1 aliphatic rings. The van der Waals surface area contributed by atoms with Crippen molar-refractivity contribution >= 4 is 27.9 Å². The van der Waals surface area contributed by atoms with E-state index in [0.29, 0.717) is 24.7 Å². The number of hydrogen-bond acceptors (Lipinski definition) is 5. The van der Waals surface area contributed by atoms with Gasteiger partial charge < -0.3 is 9.64 Å². The second-order valence-electron chi connectivity index (χ2n) is 5.99. The van der Waals surface area contributed by atoms with E-state index < -0.39 is 0 Å². The molecule has 0 spiro atoms. The molecule has 0 radical (unpaired) electrons. The van der Waals surface area contributed by atoms with E-state index >= 15 is 0 Å². The molecule has 1 aliphatic heterocycles. The van der Waals surface area contributed by atoms with Crippen LogP contribution in [0.15, 0.2) is 47.2 Å². The lowest BCUT2D eigenvalue weighted by molar-refractivity contribution is 0.0644. The van der Waals surface area contributed by atoms with Crippen molar-refractivity contribution in [1.82, 2.24) is 19.8 Å². The Bertz CT molecular complexity index is 754. The molecule has 3 rings (SSSR count). The van der Waals surface area contributed by atoms with Crippen LogP contribution < -0.4 is 4.74 Å². The van der Waals surface area contributed by atoms with Gasteiger partial charge in [0.25, 0.3) is 5.91 Å². The molecule has 0 saturated carbocycles. The summed E-state index contributed by atoms with van der Waals surface area (Å²) >= 11 is 3.44. The Morgan fingerprint density at radius 3 is 2.50 bits per heavy atom. The number of benzene rings is 1. The second kappa shape index (κ2) is 8.91. The van der Waals surface area contributed by atoms with Crippen LogP contribution in [0.1, 0.15) is 16.1 Å². The van der Waals surface area contributed by atoms with Crippen LogP contribution in [0.5, 0.6) is 5.88 Å². The van der Waals surface area contributed by atoms with Gasteiger partial charge in [0.1, 0.15) is 5.69 Å². The molecule has 2 aromatic rings. The van der Waals surface area contributed by atoms with Gasteiger partial charge in [0.2, 0.25) is 5.88 Å². The van der Waals surface area contributed by atoms with E-state index in [1.54, 1.807) is 0 Å². The van der Waals surface area contributed by atoms with Crippen LogP contribution in [0.25, 0.3) is 6.08 Å². The van der Waals surface area contributed by atoms with E-state index in [9.17, 15) is 4.79 Å². The number of hydrogen-bond donors (Lipinski definition) is 0. The van der Waals surface area contributed by atoms with E-state index in [1.807, 2.05) is 17.0 Å². The fraction of sp³-hybridized carbons (Fsp3) is 0.316. The van der Waals surface area contributed by atoms with Gasteiger partial charge in [0, 0.05) is 37.2 Å². The zero-order valence-corrected chi connectivity index (χ0v) is 16.2. The zero-order valence-electron chi connectivity index (χ0n) is 14.6. The van der Waals surface area contributed by atoms with Crippen LogP contribution in [0.2, 0.25) is 0 Å². The Labute approximate surface area is 161 Å². The summed E-state index contributed by atoms with van der Waals surface area (Å²) in [6.45, 7) is 3.96. The first-order valence-electron chi connectivity index (χ1n) is 8.45. The van der Waals surface area contributed by atoms with Crippen LogP contribution in [0.4, 0.5) is 0 Å². The first-order chi connectivity index (χ1) is 12.7. The van der Waals surface area contributed by atoms with Crippen molar-refractivity contribution in [2.24, 2.45) is 0 Å². The minimum absolute atomic E-state index is 0.0785. The molecular formula is C19H21BrN4O2. The molecule has 0 bridgehead atoms. The van der Waals surface area contributed by atoms with Crippen molar-refractivity contribution in [1.29, 1.82) is 0 Å². The normalized spacial score (nSPS) is 15.4. The lowest BCUT2D eigenvalue weighted by Crippen LogP contribution is -2.48. The van der Waals surface area contributed by atoms with Crippen molar-refractivity contribution in [2.45, 2.75) is 0 Å². The number of nitrogens with zero attached hydrogens (tertiary/aromatic N) is 4. The van der Waals surface area contributed by atoms with Crippen LogP contribution in [0, 0.1) is 0 Å². The summed E-state index contributed by atoms with van der Waals surface area (Å²) in [5.74, 6) is 0.328. The van der Waals surface area contributed by atoms with Gasteiger partial charge in [0.05, 0.1) is 19.5 Å². The molecule has 1 saturated heterocycles. The van der Waals surface area contributed by atoms with E-state index in [4.69, 9.17) is 4.74 Å². The molecule has 7 heteroatoms. The average molecular weight is 417 g/mol. The highest BCUT2D eigenvalue weighted by Crippen LogP contribution is 2.12. The predicted octanol–water partition coefficient (Wildman–Crippen LogP) is 2.72. The number of carbonyl (C=O) groups is 1. The number of halogens is 1. The number of amides is 1. The summed E-state index contributed by atoms with van der Waals surface area (Å²) < 4.78 is 6.05. The maximum absolute atomic E-state index is 12.5. The molecule has 1 fully saturated rings. The predicted molar refractivity (Wildman–Crippen MR) is 104 cm³/mol. The van der Waals surface area contributed by atoms with Crippen molar-refractivity contribution in [3.8, 4) is 5.88 Å². The van der Waals surface area contributed by atoms with Crippen molar-refractivity contribution in [3.63, 3.8) is 0 Å². The third-order valence-corrected chi connectivity index (χ3v) is 4.79. The number of piperazine rings is 1. The third kappa shape index (κ3) is 4.89. The fourth-order valence-corrected chi connectivity index (χ4v) is 3.00. The number of ether oxygens (including phenoxy) is 1. The molecule has 0 atom stereocenters. The molecule has 0 aliphatic carbocycles. The number of methoxy groups -OCH3 is 1. The van der Waals surface area contributed by atoms with E-state index in [0.717, 1.165) is 24.1 Å². The molecule has 1 aromatic heterocycles. The average Bonchev–Trinajstić information content (AvgIpc) is 2.69. The molecule has 1 amide bonds. The lowest BCUT2D eigenvalue weighted by Gasteiger charge is -2.33. The Hall–Kier alpha value is -2.25. The monoisotopic (exact) mass is 416 g/mol. The van der Waals surface area contributed by atoms with Crippen molar-refractivity contribution in [2.75, 3.05) is 39.8 Å². The standard InChI is InChI=1S/C19H21BrN4O2/c1-26-18-14-21-17(13-22-18)19(25)24-11-9-23(10-12-24)8-2-3-15-4-6-16(20)7-5-15/h2-7,13-14H,8-12H2,1H3/b3-2+. The summed E-state index contributed by atoms with van der Waals surface area (Å²) in [5, 5.41) is 0. The van der Waals surface area contributed by atoms with Crippen LogP contribution >= 0.6 is 15.9 Å². The maximum Gasteiger partial charge on any atom is 0.274 e. The Morgan fingerprint density at radius 1 is 1.15 bits per heavy atom. The summed E-state index contributed by atoms with van der Waals surface area (Å²) in [5.41, 5.74) is 1.54. The Morgan fingerprint density at radius 2 is 1.88 bits per heavy atom. The quantitative estimate of drug-likeness (QED) is 0.749. The van der Waals surface area contributed by atoms with Crippen molar-refractivity contribution < 1.29 is 9.53 Å². The molecule has 26 heavy (non-hydrogen) atoms. The first kappa shape index (κ1) is 18.5. The van der Waals surface area contributed by atoms with E-state index in [2.05, 4.69) is 55.1 Å². The van der Waals surface area contributed by atoms with E-state index in [1.165, 1.54) is 25.1 Å². The van der Waals surface area contributed by atoms with Crippen LogP contribution in [-0.2, 0) is 0 Å². The molecule has 0 unspecified atom stereocenters. The summed E-state index contributed by atoms with van der Waals surface area (Å²) in [4.78, 5) is 24.8. The van der Waals surface area contributed by atoms with Gasteiger partial charge in [-0.15, -0.1) is 0 Å². The van der Waals surface area contributed by atoms with Gasteiger partial charge in [-0.05, 0) is 17.7 Å². The highest BCUT2D eigenvalue weighted by atomic mass is 79.9. The van der Waals surface area contributed by atoms with Gasteiger partial charge in [-0.3, -0.25) is 9.69 Å². The highest BCUT2D eigenvalue weighted by molar-refractivity contribution is 9.10. The van der Waals surface area contributed by atoms with Gasteiger partial charge in [-0.1, -0.05) is 40.2 Å². The minimum atomic E-state index is -0.0785. The van der Waals surface area contributed by atoms with Gasteiger partial charge in [-0.25, -0.2) is 9.97 Å². The smallest absolute Gasteiger partial charge is 0.274 e. The Balaban J connectivity index is 1.47. The van der Waals surface area contributed by atoms with Gasteiger partial charge in [-0.2, -0.15) is 0 Å². The molecule has 1 aromatic carbocycles. The zero-order chi connectivity index (χ0) is 18.4. The number of rotatable bonds is 5. The van der Waals surface area contributed by atoms with E-state index in [-0.39, 0.29) is 5.91 Å². The first-order valence-corrected chi connectivity index (χ1v) is 9.25. The van der Waals surface area contributed by atoms with Gasteiger partial charge >= 0.3 is 0 Å². The third-order valence-electron chi connectivity index (χ3n) is 4.26. The maximum atomic E-state index is 12.5. The fourth-order valence-electron chi connectivity index (χ4n) is 2.74. The summed E-state index contributed by atoms with van der Waals surface area (Å²) in [6.07, 6.45) is 7.22. The largest absolute Gasteiger partial charge is 0.480 e. The van der Waals surface area contributed by atoms with Crippen LogP contribution in [-0.4, -0.2) is 65.5 Å². The SMILES string of the molecule is COc1cnc(C(=O)N2CCN(C/C=C/c3ccc(Br)cc3)CC2)cn1. The lowest BCUT2D eigenvalue weighted by atomic mass is 10.2. The Kier molecular flexibility index (Phi) is 6.35. The molecule has 136 valence electrons. The molecular weight excluding hydrogens is 396 g/mol. The minimum Gasteiger partial charge on any atom is -0.480 e. The number of carbonyl (C=O) groups excluding carboxylic acids is 1. The number of aromatic nitrogens is 2. The molecule has 6 nitrogen and oxygen atoms in total. The van der Waals surface area contributed by atoms with Gasteiger partial charge in [0.15, 0.2) is 0 Å². The van der Waals surface area contributed by atoms with Crippen molar-refractivity contribution in [3.05, 3.63) is 58.5 Å². The topological polar surface area (TPSA) is 58.6 Å². The second-order valence-corrected chi connectivity index (χ2v) is 6.91. The highest BCUT2D eigenvalue weighted by Gasteiger charge is 2.22. The summed E-state index contributed by atoms with van der Waals surface area (Å²) in [6, 6.07) is 8.22. The molecule has 0 N–H and O–H groups in total. The molecule has 2 heterocycles. The van der Waals surface area contributed by atoms with Crippen LogP contribution in [0.3, 0.4) is 0 Å². The summed E-state index contributed by atoms with van der Waals surface area (Å²) in [7, 11) is 1.52.